The van der Waals surface area contributed by atoms with Gasteiger partial charge in [-0.05, 0) is 43.9 Å². The van der Waals surface area contributed by atoms with Crippen LogP contribution < -0.4 is 10.6 Å². The van der Waals surface area contributed by atoms with E-state index < -0.39 is 30.2 Å². The van der Waals surface area contributed by atoms with Gasteiger partial charge in [-0.2, -0.15) is 0 Å². The SMILES string of the molecule is C[C@@H]1[C@@H](C)CCC[C@H]1NC(=O)[C@@H](C)OC(=O)CN1C(=O)N[C@]2(CCCC[C@@H]2C)C1=O. The van der Waals surface area contributed by atoms with Crippen LogP contribution in [0.25, 0.3) is 0 Å². The lowest BCUT2D eigenvalue weighted by atomic mass is 9.73. The van der Waals surface area contributed by atoms with Crippen LogP contribution in [-0.4, -0.2) is 52.9 Å². The number of urea groups is 1. The molecule has 3 fully saturated rings. The second-order valence-corrected chi connectivity index (χ2v) is 9.45. The van der Waals surface area contributed by atoms with E-state index in [1.807, 2.05) is 6.92 Å². The van der Waals surface area contributed by atoms with Gasteiger partial charge in [0.25, 0.3) is 11.8 Å². The number of nitrogens with zero attached hydrogens (tertiary/aromatic N) is 1. The maximum Gasteiger partial charge on any atom is 0.327 e. The van der Waals surface area contributed by atoms with Gasteiger partial charge in [0.15, 0.2) is 6.10 Å². The number of carbonyl (C=O) groups is 4. The molecule has 4 amide bonds. The van der Waals surface area contributed by atoms with Gasteiger partial charge in [0, 0.05) is 6.04 Å². The largest absolute Gasteiger partial charge is 0.451 e. The van der Waals surface area contributed by atoms with Gasteiger partial charge in [0.2, 0.25) is 0 Å². The molecule has 2 N–H and O–H groups in total. The number of amides is 4. The Bertz CT molecular complexity index is 711. The summed E-state index contributed by atoms with van der Waals surface area (Å²) in [5.74, 6) is -0.538. The molecule has 2 aliphatic carbocycles. The van der Waals surface area contributed by atoms with Gasteiger partial charge >= 0.3 is 12.0 Å². The van der Waals surface area contributed by atoms with Crippen molar-refractivity contribution in [2.75, 3.05) is 6.54 Å². The molecule has 1 spiro atoms. The van der Waals surface area contributed by atoms with E-state index in [2.05, 4.69) is 24.5 Å². The topological polar surface area (TPSA) is 105 Å². The average molecular weight is 422 g/mol. The number of esters is 1. The van der Waals surface area contributed by atoms with Crippen LogP contribution in [-0.2, 0) is 19.1 Å². The molecule has 1 heterocycles. The number of ether oxygens (including phenoxy) is 1. The third-order valence-corrected chi connectivity index (χ3v) is 7.50. The first kappa shape index (κ1) is 22.6. The first-order valence-electron chi connectivity index (χ1n) is 11.3. The Morgan fingerprint density at radius 3 is 2.60 bits per heavy atom. The quantitative estimate of drug-likeness (QED) is 0.524. The molecule has 6 atom stereocenters. The highest BCUT2D eigenvalue weighted by molar-refractivity contribution is 6.09. The maximum atomic E-state index is 12.9. The summed E-state index contributed by atoms with van der Waals surface area (Å²) in [6.45, 7) is 7.31. The summed E-state index contributed by atoms with van der Waals surface area (Å²) < 4.78 is 5.25. The lowest BCUT2D eigenvalue weighted by Gasteiger charge is -2.36. The molecule has 0 aromatic heterocycles. The summed E-state index contributed by atoms with van der Waals surface area (Å²) in [6, 6.07) is -0.492. The van der Waals surface area contributed by atoms with E-state index in [9.17, 15) is 19.2 Å². The molecule has 3 aliphatic rings. The van der Waals surface area contributed by atoms with Crippen molar-refractivity contribution in [2.24, 2.45) is 17.8 Å². The number of carbonyl (C=O) groups excluding carboxylic acids is 4. The first-order chi connectivity index (χ1) is 14.2. The van der Waals surface area contributed by atoms with Crippen molar-refractivity contribution in [1.82, 2.24) is 15.5 Å². The van der Waals surface area contributed by atoms with Crippen molar-refractivity contribution >= 4 is 23.8 Å². The van der Waals surface area contributed by atoms with Crippen molar-refractivity contribution < 1.29 is 23.9 Å². The maximum absolute atomic E-state index is 12.9. The molecule has 3 rings (SSSR count). The van der Waals surface area contributed by atoms with Crippen LogP contribution in [0.5, 0.6) is 0 Å². The molecule has 0 bridgehead atoms. The Hall–Kier alpha value is -2.12. The normalized spacial score (nSPS) is 35.1. The number of hydrogen-bond donors (Lipinski definition) is 2. The minimum Gasteiger partial charge on any atom is -0.451 e. The first-order valence-corrected chi connectivity index (χ1v) is 11.3. The van der Waals surface area contributed by atoms with Crippen molar-refractivity contribution in [3.63, 3.8) is 0 Å². The average Bonchev–Trinajstić information content (AvgIpc) is 2.92. The molecule has 1 saturated heterocycles. The molecule has 1 aliphatic heterocycles. The minimum absolute atomic E-state index is 0.0216. The van der Waals surface area contributed by atoms with Gasteiger partial charge in [0.1, 0.15) is 12.1 Å². The van der Waals surface area contributed by atoms with E-state index in [4.69, 9.17) is 4.74 Å². The van der Waals surface area contributed by atoms with Gasteiger partial charge in [-0.15, -0.1) is 0 Å². The third kappa shape index (κ3) is 4.32. The zero-order valence-electron chi connectivity index (χ0n) is 18.5. The summed E-state index contributed by atoms with van der Waals surface area (Å²) in [5, 5.41) is 5.81. The molecule has 0 unspecified atom stereocenters. The smallest absolute Gasteiger partial charge is 0.327 e. The van der Waals surface area contributed by atoms with Gasteiger partial charge in [-0.1, -0.05) is 46.5 Å². The van der Waals surface area contributed by atoms with Gasteiger partial charge in [0.05, 0.1) is 0 Å². The zero-order chi connectivity index (χ0) is 22.1. The van der Waals surface area contributed by atoms with Crippen LogP contribution >= 0.6 is 0 Å². The molecule has 168 valence electrons. The molecule has 0 radical (unpaired) electrons. The van der Waals surface area contributed by atoms with E-state index in [-0.39, 0.29) is 23.8 Å². The summed E-state index contributed by atoms with van der Waals surface area (Å²) in [4.78, 5) is 51.2. The minimum atomic E-state index is -0.981. The van der Waals surface area contributed by atoms with Crippen molar-refractivity contribution in [2.45, 2.75) is 90.3 Å². The summed E-state index contributed by atoms with van der Waals surface area (Å²) in [6.07, 6.45) is 5.50. The predicted octanol–water partition coefficient (Wildman–Crippen LogP) is 2.36. The molecule has 8 nitrogen and oxygen atoms in total. The molecular weight excluding hydrogens is 386 g/mol. The summed E-state index contributed by atoms with van der Waals surface area (Å²) in [7, 11) is 0. The number of imide groups is 1. The van der Waals surface area contributed by atoms with Crippen LogP contribution in [0.1, 0.15) is 72.6 Å². The Morgan fingerprint density at radius 1 is 1.17 bits per heavy atom. The van der Waals surface area contributed by atoms with Gasteiger partial charge < -0.3 is 15.4 Å². The summed E-state index contributed by atoms with van der Waals surface area (Å²) >= 11 is 0. The lowest BCUT2D eigenvalue weighted by molar-refractivity contribution is -0.157. The fraction of sp³-hybridized carbons (Fsp3) is 0.818. The van der Waals surface area contributed by atoms with Crippen molar-refractivity contribution in [3.8, 4) is 0 Å². The standard InChI is InChI=1S/C22H35N3O5/c1-13-8-7-10-17(15(13)3)23-19(27)16(4)30-18(26)12-25-20(28)22(24-21(25)29)11-6-5-9-14(22)2/h13-17H,5-12H2,1-4H3,(H,23,27)(H,24,29)/t13-,14-,15+,16+,17+,22-/m0/s1. The van der Waals surface area contributed by atoms with Crippen molar-refractivity contribution in [3.05, 3.63) is 0 Å². The predicted molar refractivity (Wildman–Crippen MR) is 110 cm³/mol. The second-order valence-electron chi connectivity index (χ2n) is 9.45. The Morgan fingerprint density at radius 2 is 1.90 bits per heavy atom. The highest BCUT2D eigenvalue weighted by Gasteiger charge is 2.55. The number of rotatable bonds is 5. The van der Waals surface area contributed by atoms with Crippen LogP contribution in [0.15, 0.2) is 0 Å². The molecule has 0 aromatic rings. The summed E-state index contributed by atoms with van der Waals surface area (Å²) in [5.41, 5.74) is -0.910. The molecule has 2 saturated carbocycles. The fourth-order valence-electron chi connectivity index (χ4n) is 5.14. The Kier molecular flexibility index (Phi) is 6.72. The highest BCUT2D eigenvalue weighted by atomic mass is 16.5. The third-order valence-electron chi connectivity index (χ3n) is 7.50. The Balaban J connectivity index is 1.54. The van der Waals surface area contributed by atoms with Gasteiger partial charge in [-0.25, -0.2) is 4.79 Å². The molecular formula is C22H35N3O5. The van der Waals surface area contributed by atoms with E-state index >= 15 is 0 Å². The van der Waals surface area contributed by atoms with E-state index in [1.54, 1.807) is 0 Å². The second kappa shape index (κ2) is 8.94. The van der Waals surface area contributed by atoms with E-state index in [0.717, 1.165) is 43.4 Å². The highest BCUT2D eigenvalue weighted by Crippen LogP contribution is 2.38. The molecule has 0 aromatic carbocycles. The van der Waals surface area contributed by atoms with E-state index in [0.29, 0.717) is 18.3 Å². The van der Waals surface area contributed by atoms with Crippen LogP contribution in [0, 0.1) is 17.8 Å². The molecule has 30 heavy (non-hydrogen) atoms. The fourth-order valence-corrected chi connectivity index (χ4v) is 5.14. The zero-order valence-corrected chi connectivity index (χ0v) is 18.5. The van der Waals surface area contributed by atoms with E-state index in [1.165, 1.54) is 6.92 Å². The number of hydrogen-bond acceptors (Lipinski definition) is 5. The Labute approximate surface area is 178 Å². The number of nitrogens with one attached hydrogen (secondary N) is 2. The van der Waals surface area contributed by atoms with Crippen molar-refractivity contribution in [1.29, 1.82) is 0 Å². The van der Waals surface area contributed by atoms with Gasteiger partial charge in [-0.3, -0.25) is 19.3 Å². The van der Waals surface area contributed by atoms with Crippen LogP contribution in [0.3, 0.4) is 0 Å². The van der Waals surface area contributed by atoms with Crippen LogP contribution in [0.4, 0.5) is 4.79 Å². The monoisotopic (exact) mass is 421 g/mol. The van der Waals surface area contributed by atoms with Crippen LogP contribution in [0.2, 0.25) is 0 Å². The molecule has 8 heteroatoms. The lowest BCUT2D eigenvalue weighted by Crippen LogP contribution is -2.54.